The highest BCUT2D eigenvalue weighted by Crippen LogP contribution is 2.37. The fourth-order valence-corrected chi connectivity index (χ4v) is 2.59. The molecular formula is C11H7BrClFO. The average Bonchev–Trinajstić information content (AvgIpc) is 2.48. The van der Waals surface area contributed by atoms with Crippen LogP contribution in [0.4, 0.5) is 4.39 Å². The molecule has 0 saturated heterocycles. The van der Waals surface area contributed by atoms with Crippen molar-refractivity contribution >= 4 is 38.3 Å². The van der Waals surface area contributed by atoms with Crippen LogP contribution < -0.4 is 0 Å². The zero-order valence-electron chi connectivity index (χ0n) is 7.69. The normalized spacial score (nSPS) is 16.9. The quantitative estimate of drug-likeness (QED) is 0.569. The molecule has 0 aromatic heterocycles. The molecule has 0 unspecified atom stereocenters. The second kappa shape index (κ2) is 4.06. The van der Waals surface area contributed by atoms with Crippen LogP contribution >= 0.6 is 27.5 Å². The lowest BCUT2D eigenvalue weighted by molar-refractivity contribution is -0.107. The highest BCUT2D eigenvalue weighted by molar-refractivity contribution is 9.10. The van der Waals surface area contributed by atoms with Crippen molar-refractivity contribution < 1.29 is 9.18 Å². The standard InChI is InChI=1S/C11H7BrClFO/c12-10-5-7(14)4-9-6(3-11(13)15)1-2-8(9)10/h3-5H,1-2H2. The van der Waals surface area contributed by atoms with Crippen molar-refractivity contribution in [2.75, 3.05) is 0 Å². The lowest BCUT2D eigenvalue weighted by Crippen LogP contribution is -1.87. The summed E-state index contributed by atoms with van der Waals surface area (Å²) in [7, 11) is 0. The molecule has 0 fully saturated rings. The van der Waals surface area contributed by atoms with Gasteiger partial charge in [0.1, 0.15) is 5.82 Å². The van der Waals surface area contributed by atoms with E-state index in [1.54, 1.807) is 0 Å². The number of rotatable bonds is 1. The van der Waals surface area contributed by atoms with Crippen LogP contribution in [0.25, 0.3) is 5.57 Å². The van der Waals surface area contributed by atoms with E-state index in [0.29, 0.717) is 0 Å². The molecule has 0 N–H and O–H groups in total. The van der Waals surface area contributed by atoms with Gasteiger partial charge < -0.3 is 0 Å². The third-order valence-electron chi connectivity index (χ3n) is 2.44. The molecule has 0 amide bonds. The maximum absolute atomic E-state index is 13.2. The van der Waals surface area contributed by atoms with Gasteiger partial charge in [0.25, 0.3) is 0 Å². The van der Waals surface area contributed by atoms with Gasteiger partial charge in [-0.2, -0.15) is 0 Å². The summed E-state index contributed by atoms with van der Waals surface area (Å²) in [4.78, 5) is 10.8. The lowest BCUT2D eigenvalue weighted by atomic mass is 10.1. The highest BCUT2D eigenvalue weighted by atomic mass is 79.9. The Hall–Kier alpha value is -0.670. The van der Waals surface area contributed by atoms with Gasteiger partial charge in [-0.1, -0.05) is 15.9 Å². The molecule has 1 aromatic rings. The van der Waals surface area contributed by atoms with Crippen molar-refractivity contribution in [3.8, 4) is 0 Å². The molecule has 1 nitrogen and oxygen atoms in total. The van der Waals surface area contributed by atoms with E-state index in [-0.39, 0.29) is 5.82 Å². The van der Waals surface area contributed by atoms with Crippen LogP contribution in [-0.4, -0.2) is 5.24 Å². The van der Waals surface area contributed by atoms with Crippen molar-refractivity contribution in [3.63, 3.8) is 0 Å². The van der Waals surface area contributed by atoms with Crippen molar-refractivity contribution in [1.82, 2.24) is 0 Å². The topological polar surface area (TPSA) is 17.1 Å². The molecule has 78 valence electrons. The number of halogens is 3. The summed E-state index contributed by atoms with van der Waals surface area (Å²) in [5.74, 6) is -0.310. The monoisotopic (exact) mass is 288 g/mol. The maximum Gasteiger partial charge on any atom is 0.245 e. The average molecular weight is 290 g/mol. The summed E-state index contributed by atoms with van der Waals surface area (Å²) in [5, 5.41) is -0.516. The number of allylic oxidation sites excluding steroid dienone is 2. The third-order valence-corrected chi connectivity index (χ3v) is 3.25. The Balaban J connectivity index is 2.55. The molecule has 4 heteroatoms. The van der Waals surface area contributed by atoms with E-state index in [1.165, 1.54) is 18.2 Å². The number of carbonyl (C=O) groups excluding carboxylic acids is 1. The van der Waals surface area contributed by atoms with Gasteiger partial charge in [0.15, 0.2) is 0 Å². The summed E-state index contributed by atoms with van der Waals surface area (Å²) < 4.78 is 13.9. The van der Waals surface area contributed by atoms with Crippen LogP contribution in [0.2, 0.25) is 0 Å². The number of benzene rings is 1. The van der Waals surface area contributed by atoms with Gasteiger partial charge in [0, 0.05) is 10.5 Å². The fraction of sp³-hybridized carbons (Fsp3) is 0.182. The van der Waals surface area contributed by atoms with Crippen LogP contribution in [0.3, 0.4) is 0 Å². The van der Waals surface area contributed by atoms with Gasteiger partial charge in [-0.05, 0) is 53.3 Å². The minimum Gasteiger partial charge on any atom is -0.276 e. The van der Waals surface area contributed by atoms with Crippen molar-refractivity contribution in [1.29, 1.82) is 0 Å². The van der Waals surface area contributed by atoms with Gasteiger partial charge in [-0.15, -0.1) is 0 Å². The smallest absolute Gasteiger partial charge is 0.245 e. The first-order chi connectivity index (χ1) is 7.08. The Morgan fingerprint density at radius 2 is 2.20 bits per heavy atom. The van der Waals surface area contributed by atoms with E-state index >= 15 is 0 Å². The zero-order chi connectivity index (χ0) is 11.0. The van der Waals surface area contributed by atoms with Crippen molar-refractivity contribution in [2.45, 2.75) is 12.8 Å². The molecule has 1 aliphatic rings. The van der Waals surface area contributed by atoms with Crippen LogP contribution in [0, 0.1) is 5.82 Å². The van der Waals surface area contributed by atoms with Gasteiger partial charge in [0.05, 0.1) is 0 Å². The Kier molecular flexibility index (Phi) is 2.94. The van der Waals surface area contributed by atoms with Gasteiger partial charge >= 0.3 is 0 Å². The van der Waals surface area contributed by atoms with Gasteiger partial charge in [-0.3, -0.25) is 4.79 Å². The number of carbonyl (C=O) groups is 1. The summed E-state index contributed by atoms with van der Waals surface area (Å²) in [6.45, 7) is 0. The van der Waals surface area contributed by atoms with E-state index in [9.17, 15) is 9.18 Å². The third kappa shape index (κ3) is 2.13. The predicted octanol–water partition coefficient (Wildman–Crippen LogP) is 3.68. The molecule has 0 radical (unpaired) electrons. The maximum atomic E-state index is 13.2. The molecule has 1 aromatic carbocycles. The number of hydrogen-bond donors (Lipinski definition) is 0. The first-order valence-corrected chi connectivity index (χ1v) is 5.63. The summed E-state index contributed by atoms with van der Waals surface area (Å²) >= 11 is 8.59. The van der Waals surface area contributed by atoms with E-state index < -0.39 is 5.24 Å². The minimum absolute atomic E-state index is 0.310. The first kappa shape index (κ1) is 10.8. The fourth-order valence-electron chi connectivity index (χ4n) is 1.83. The first-order valence-electron chi connectivity index (χ1n) is 4.46. The highest BCUT2D eigenvalue weighted by Gasteiger charge is 2.20. The van der Waals surface area contributed by atoms with E-state index in [2.05, 4.69) is 15.9 Å². The summed E-state index contributed by atoms with van der Waals surface area (Å²) in [6.07, 6.45) is 2.90. The molecule has 0 aliphatic heterocycles. The molecule has 1 aliphatic carbocycles. The second-order valence-electron chi connectivity index (χ2n) is 3.39. The molecule has 0 spiro atoms. The molecule has 0 heterocycles. The van der Waals surface area contributed by atoms with Crippen LogP contribution in [0.5, 0.6) is 0 Å². The molecule has 15 heavy (non-hydrogen) atoms. The number of hydrogen-bond acceptors (Lipinski definition) is 1. The van der Waals surface area contributed by atoms with E-state index in [0.717, 1.165) is 34.0 Å². The molecule has 0 saturated carbocycles. The van der Waals surface area contributed by atoms with Crippen molar-refractivity contribution in [2.24, 2.45) is 0 Å². The van der Waals surface area contributed by atoms with Gasteiger partial charge in [-0.25, -0.2) is 4.39 Å². The predicted molar refractivity (Wildman–Crippen MR) is 61.3 cm³/mol. The lowest BCUT2D eigenvalue weighted by Gasteiger charge is -2.03. The Morgan fingerprint density at radius 3 is 2.87 bits per heavy atom. The Morgan fingerprint density at radius 1 is 1.47 bits per heavy atom. The zero-order valence-corrected chi connectivity index (χ0v) is 10.0. The minimum atomic E-state index is -0.516. The molecular weight excluding hydrogens is 282 g/mol. The van der Waals surface area contributed by atoms with Crippen LogP contribution in [0.1, 0.15) is 17.5 Å². The van der Waals surface area contributed by atoms with Crippen LogP contribution in [0.15, 0.2) is 22.7 Å². The Bertz CT molecular complexity index is 468. The molecule has 0 atom stereocenters. The number of fused-ring (bicyclic) bond motifs is 1. The van der Waals surface area contributed by atoms with E-state index in [1.807, 2.05) is 0 Å². The molecule has 0 bridgehead atoms. The van der Waals surface area contributed by atoms with E-state index in [4.69, 9.17) is 11.6 Å². The van der Waals surface area contributed by atoms with Gasteiger partial charge in [0.2, 0.25) is 5.24 Å². The van der Waals surface area contributed by atoms with Crippen LogP contribution in [-0.2, 0) is 11.2 Å². The second-order valence-corrected chi connectivity index (χ2v) is 4.61. The largest absolute Gasteiger partial charge is 0.276 e. The summed E-state index contributed by atoms with van der Waals surface area (Å²) in [6, 6.07) is 2.88. The SMILES string of the molecule is O=C(Cl)C=C1CCc2c(Br)cc(F)cc21. The Labute approximate surface area is 100 Å². The molecule has 2 rings (SSSR count). The van der Waals surface area contributed by atoms with Crippen molar-refractivity contribution in [3.05, 3.63) is 39.6 Å². The summed E-state index contributed by atoms with van der Waals surface area (Å²) in [5.41, 5.74) is 2.64.